The first-order chi connectivity index (χ1) is 10.9. The Morgan fingerprint density at radius 3 is 1.86 bits per heavy atom. The summed E-state index contributed by atoms with van der Waals surface area (Å²) >= 11 is 1.74. The fourth-order valence-electron chi connectivity index (χ4n) is 2.18. The van der Waals surface area contributed by atoms with Crippen LogP contribution in [-0.4, -0.2) is 0 Å². The van der Waals surface area contributed by atoms with Gasteiger partial charge in [-0.25, -0.2) is 0 Å². The third kappa shape index (κ3) is 4.23. The first-order valence-electron chi connectivity index (χ1n) is 7.34. The van der Waals surface area contributed by atoms with Crippen LogP contribution in [0.1, 0.15) is 16.6 Å². The van der Waals surface area contributed by atoms with E-state index in [1.807, 2.05) is 30.3 Å². The zero-order chi connectivity index (χ0) is 15.0. The molecule has 0 fully saturated rings. The number of ether oxygens (including phenoxy) is 1. The number of thioether (sulfide) groups is 1. The minimum atomic E-state index is -0.0104. The van der Waals surface area contributed by atoms with Crippen LogP contribution in [-0.2, 0) is 11.3 Å². The van der Waals surface area contributed by atoms with E-state index in [0.29, 0.717) is 6.61 Å². The molecule has 3 aromatic rings. The Hall–Kier alpha value is -2.03. The normalized spacial score (nSPS) is 12.0. The van der Waals surface area contributed by atoms with Crippen molar-refractivity contribution in [3.05, 3.63) is 102 Å². The molecule has 0 aromatic heterocycles. The highest BCUT2D eigenvalue weighted by molar-refractivity contribution is 7.99. The average Bonchev–Trinajstić information content (AvgIpc) is 2.61. The summed E-state index contributed by atoms with van der Waals surface area (Å²) in [5, 5.41) is 0. The highest BCUT2D eigenvalue weighted by atomic mass is 32.2. The minimum absolute atomic E-state index is 0.0104. The Kier molecular flexibility index (Phi) is 5.30. The van der Waals surface area contributed by atoms with Crippen molar-refractivity contribution in [1.29, 1.82) is 0 Å². The summed E-state index contributed by atoms with van der Waals surface area (Å²) in [6, 6.07) is 31.1. The highest BCUT2D eigenvalue weighted by Crippen LogP contribution is 2.36. The lowest BCUT2D eigenvalue weighted by Gasteiger charge is -2.18. The van der Waals surface area contributed by atoms with Gasteiger partial charge in [0.25, 0.3) is 0 Å². The lowest BCUT2D eigenvalue weighted by molar-refractivity contribution is 0.0994. The van der Waals surface area contributed by atoms with E-state index < -0.39 is 0 Å². The maximum Gasteiger partial charge on any atom is 0.133 e. The van der Waals surface area contributed by atoms with E-state index in [-0.39, 0.29) is 5.44 Å². The van der Waals surface area contributed by atoms with E-state index in [1.54, 1.807) is 11.8 Å². The average molecular weight is 306 g/mol. The van der Waals surface area contributed by atoms with Gasteiger partial charge in [-0.2, -0.15) is 0 Å². The molecule has 22 heavy (non-hydrogen) atoms. The van der Waals surface area contributed by atoms with Crippen LogP contribution in [0.5, 0.6) is 0 Å². The molecule has 1 nitrogen and oxygen atoms in total. The fraction of sp³-hybridized carbons (Fsp3) is 0.100. The van der Waals surface area contributed by atoms with Gasteiger partial charge in [-0.1, -0.05) is 90.6 Å². The first kappa shape index (κ1) is 14.9. The van der Waals surface area contributed by atoms with Gasteiger partial charge in [-0.15, -0.1) is 0 Å². The van der Waals surface area contributed by atoms with Crippen molar-refractivity contribution < 1.29 is 4.74 Å². The Morgan fingerprint density at radius 2 is 1.23 bits per heavy atom. The zero-order valence-corrected chi connectivity index (χ0v) is 13.1. The molecule has 2 heteroatoms. The first-order valence-corrected chi connectivity index (χ1v) is 8.22. The van der Waals surface area contributed by atoms with Crippen molar-refractivity contribution in [1.82, 2.24) is 0 Å². The molecule has 0 radical (unpaired) electrons. The number of hydrogen-bond donors (Lipinski definition) is 0. The molecule has 0 aliphatic heterocycles. The van der Waals surface area contributed by atoms with Gasteiger partial charge in [0.1, 0.15) is 5.44 Å². The Bertz CT molecular complexity index is 668. The van der Waals surface area contributed by atoms with Crippen LogP contribution in [0.15, 0.2) is 95.9 Å². The van der Waals surface area contributed by atoms with Gasteiger partial charge >= 0.3 is 0 Å². The van der Waals surface area contributed by atoms with Crippen molar-refractivity contribution in [2.45, 2.75) is 16.9 Å². The van der Waals surface area contributed by atoms with Crippen molar-refractivity contribution in [2.24, 2.45) is 0 Å². The Labute approximate surface area is 136 Å². The molecule has 3 aromatic carbocycles. The standard InChI is InChI=1S/C20H18OS/c1-4-10-17(11-5-1)16-21-20(18-12-6-2-7-13-18)22-19-14-8-3-9-15-19/h1-15,20H,16H2/t20-/m1/s1. The van der Waals surface area contributed by atoms with Crippen molar-refractivity contribution >= 4 is 11.8 Å². The number of hydrogen-bond acceptors (Lipinski definition) is 2. The van der Waals surface area contributed by atoms with Gasteiger partial charge in [0.2, 0.25) is 0 Å². The molecule has 0 aliphatic rings. The SMILES string of the molecule is c1ccc(CO[C@H](Sc2ccccc2)c2ccccc2)cc1. The van der Waals surface area contributed by atoms with Crippen LogP contribution in [0.2, 0.25) is 0 Å². The third-order valence-electron chi connectivity index (χ3n) is 3.30. The summed E-state index contributed by atoms with van der Waals surface area (Å²) in [6.45, 7) is 0.611. The monoisotopic (exact) mass is 306 g/mol. The van der Waals surface area contributed by atoms with Gasteiger partial charge < -0.3 is 4.74 Å². The molecular formula is C20H18OS. The third-order valence-corrected chi connectivity index (χ3v) is 4.47. The molecule has 110 valence electrons. The molecule has 0 unspecified atom stereocenters. The molecule has 0 spiro atoms. The molecular weight excluding hydrogens is 288 g/mol. The van der Waals surface area contributed by atoms with Gasteiger partial charge in [-0.3, -0.25) is 0 Å². The van der Waals surface area contributed by atoms with Crippen LogP contribution >= 0.6 is 11.8 Å². The van der Waals surface area contributed by atoms with Crippen molar-refractivity contribution in [3.8, 4) is 0 Å². The molecule has 0 heterocycles. The second-order valence-electron chi connectivity index (χ2n) is 4.97. The number of benzene rings is 3. The van der Waals surface area contributed by atoms with Gasteiger partial charge in [-0.05, 0) is 23.3 Å². The van der Waals surface area contributed by atoms with E-state index in [4.69, 9.17) is 4.74 Å². The fourth-order valence-corrected chi connectivity index (χ4v) is 3.17. The lowest BCUT2D eigenvalue weighted by Crippen LogP contribution is -2.01. The molecule has 0 bridgehead atoms. The summed E-state index contributed by atoms with van der Waals surface area (Å²) in [7, 11) is 0. The predicted molar refractivity (Wildman–Crippen MR) is 92.7 cm³/mol. The summed E-state index contributed by atoms with van der Waals surface area (Å²) < 4.78 is 6.18. The molecule has 0 amide bonds. The van der Waals surface area contributed by atoms with Crippen LogP contribution in [0.25, 0.3) is 0 Å². The Balaban J connectivity index is 1.74. The van der Waals surface area contributed by atoms with Crippen molar-refractivity contribution in [2.75, 3.05) is 0 Å². The molecule has 0 saturated heterocycles. The van der Waals surface area contributed by atoms with E-state index in [1.165, 1.54) is 16.0 Å². The van der Waals surface area contributed by atoms with Crippen LogP contribution in [0, 0.1) is 0 Å². The topological polar surface area (TPSA) is 9.23 Å². The smallest absolute Gasteiger partial charge is 0.133 e. The largest absolute Gasteiger partial charge is 0.358 e. The molecule has 1 atom stereocenters. The van der Waals surface area contributed by atoms with E-state index >= 15 is 0 Å². The predicted octanol–water partition coefficient (Wildman–Crippen LogP) is 5.69. The quantitative estimate of drug-likeness (QED) is 0.427. The zero-order valence-electron chi connectivity index (χ0n) is 12.3. The van der Waals surface area contributed by atoms with Gasteiger partial charge in [0.15, 0.2) is 0 Å². The Morgan fingerprint density at radius 1 is 0.682 bits per heavy atom. The van der Waals surface area contributed by atoms with Crippen LogP contribution in [0.3, 0.4) is 0 Å². The van der Waals surface area contributed by atoms with Gasteiger partial charge in [0.05, 0.1) is 6.61 Å². The molecule has 0 saturated carbocycles. The maximum atomic E-state index is 6.18. The molecule has 0 N–H and O–H groups in total. The van der Waals surface area contributed by atoms with Crippen LogP contribution < -0.4 is 0 Å². The minimum Gasteiger partial charge on any atom is -0.358 e. The summed E-state index contributed by atoms with van der Waals surface area (Å²) in [6.07, 6.45) is 0. The summed E-state index contributed by atoms with van der Waals surface area (Å²) in [5.74, 6) is 0. The van der Waals surface area contributed by atoms with E-state index in [9.17, 15) is 0 Å². The second-order valence-corrected chi connectivity index (χ2v) is 6.11. The second kappa shape index (κ2) is 7.83. The van der Waals surface area contributed by atoms with E-state index in [2.05, 4.69) is 60.7 Å². The maximum absolute atomic E-state index is 6.18. The van der Waals surface area contributed by atoms with Gasteiger partial charge in [0, 0.05) is 4.90 Å². The molecule has 3 rings (SSSR count). The summed E-state index contributed by atoms with van der Waals surface area (Å²) in [4.78, 5) is 1.21. The van der Waals surface area contributed by atoms with Crippen LogP contribution in [0.4, 0.5) is 0 Å². The summed E-state index contributed by atoms with van der Waals surface area (Å²) in [5.41, 5.74) is 2.37. The van der Waals surface area contributed by atoms with E-state index in [0.717, 1.165) is 0 Å². The highest BCUT2D eigenvalue weighted by Gasteiger charge is 2.13. The van der Waals surface area contributed by atoms with Crippen molar-refractivity contribution in [3.63, 3.8) is 0 Å². The lowest BCUT2D eigenvalue weighted by atomic mass is 10.2. The number of rotatable bonds is 6. The molecule has 0 aliphatic carbocycles.